The summed E-state index contributed by atoms with van der Waals surface area (Å²) in [5.41, 5.74) is 0.197. The lowest BCUT2D eigenvalue weighted by Crippen LogP contribution is -2.28. The summed E-state index contributed by atoms with van der Waals surface area (Å²) >= 11 is 0. The minimum absolute atomic E-state index is 0.0502. The molecule has 0 saturated heterocycles. The Kier molecular flexibility index (Phi) is 6.20. The van der Waals surface area contributed by atoms with Crippen LogP contribution in [0, 0.1) is 15.9 Å². The summed E-state index contributed by atoms with van der Waals surface area (Å²) in [5.74, 6) is -1.96. The van der Waals surface area contributed by atoms with Gasteiger partial charge in [-0.25, -0.2) is 9.18 Å². The molecule has 9 heteroatoms. The fourth-order valence-corrected chi connectivity index (χ4v) is 2.12. The second-order valence-corrected chi connectivity index (χ2v) is 5.18. The molecule has 8 nitrogen and oxygen atoms in total. The Bertz CT molecular complexity index is 841. The smallest absolute Gasteiger partial charge is 0.338 e. The highest BCUT2D eigenvalue weighted by Gasteiger charge is 2.18. The van der Waals surface area contributed by atoms with Crippen LogP contribution in [0.5, 0.6) is 0 Å². The van der Waals surface area contributed by atoms with Crippen LogP contribution in [0.4, 0.5) is 15.8 Å². The average molecular weight is 361 g/mol. The van der Waals surface area contributed by atoms with Crippen molar-refractivity contribution < 1.29 is 23.6 Å². The summed E-state index contributed by atoms with van der Waals surface area (Å²) < 4.78 is 18.3. The number of benzene rings is 2. The normalized spacial score (nSPS) is 10.1. The van der Waals surface area contributed by atoms with Gasteiger partial charge in [0.25, 0.3) is 11.6 Å². The number of nitro groups is 1. The maximum atomic E-state index is 13.4. The van der Waals surface area contributed by atoms with Crippen LogP contribution < -0.4 is 10.6 Å². The fraction of sp³-hybridized carbons (Fsp3) is 0.176. The summed E-state index contributed by atoms with van der Waals surface area (Å²) in [5, 5.41) is 16.0. The highest BCUT2D eigenvalue weighted by atomic mass is 19.1. The van der Waals surface area contributed by atoms with Gasteiger partial charge < -0.3 is 15.4 Å². The largest absolute Gasteiger partial charge is 0.452 e. The summed E-state index contributed by atoms with van der Waals surface area (Å²) in [7, 11) is 1.51. The maximum absolute atomic E-state index is 13.4. The van der Waals surface area contributed by atoms with Gasteiger partial charge in [-0.1, -0.05) is 18.2 Å². The van der Waals surface area contributed by atoms with Gasteiger partial charge in [-0.3, -0.25) is 14.9 Å². The standard InChI is InChI=1S/C17H16FN3O5/c1-19-14-7-6-11(8-15(14)21(24)25)17(23)26-10-16(22)20-9-12-4-2-3-5-13(12)18/h2-8,19H,9-10H2,1H3,(H,20,22). The van der Waals surface area contributed by atoms with E-state index in [4.69, 9.17) is 4.74 Å². The molecule has 0 spiro atoms. The molecular weight excluding hydrogens is 345 g/mol. The number of nitrogens with zero attached hydrogens (tertiary/aromatic N) is 1. The van der Waals surface area contributed by atoms with Gasteiger partial charge in [-0.05, 0) is 18.2 Å². The van der Waals surface area contributed by atoms with E-state index in [9.17, 15) is 24.1 Å². The van der Waals surface area contributed by atoms with Crippen molar-refractivity contribution in [3.8, 4) is 0 Å². The van der Waals surface area contributed by atoms with E-state index in [1.807, 2.05) is 0 Å². The number of carbonyl (C=O) groups excluding carboxylic acids is 2. The predicted octanol–water partition coefficient (Wildman–Crippen LogP) is 2.25. The lowest BCUT2D eigenvalue weighted by Gasteiger charge is -2.08. The molecule has 0 saturated carbocycles. The van der Waals surface area contributed by atoms with Crippen molar-refractivity contribution in [3.05, 3.63) is 69.5 Å². The first kappa shape index (κ1) is 18.8. The Balaban J connectivity index is 1.92. The van der Waals surface area contributed by atoms with Crippen molar-refractivity contribution in [2.24, 2.45) is 0 Å². The number of rotatable bonds is 7. The Hall–Kier alpha value is -3.49. The minimum Gasteiger partial charge on any atom is -0.452 e. The van der Waals surface area contributed by atoms with Crippen molar-refractivity contribution in [2.75, 3.05) is 19.0 Å². The molecule has 2 aromatic carbocycles. The first-order valence-electron chi connectivity index (χ1n) is 7.55. The molecule has 1 amide bonds. The summed E-state index contributed by atoms with van der Waals surface area (Å²) in [6.07, 6.45) is 0. The van der Waals surface area contributed by atoms with Crippen molar-refractivity contribution in [3.63, 3.8) is 0 Å². The number of halogens is 1. The minimum atomic E-state index is -0.878. The van der Waals surface area contributed by atoms with Gasteiger partial charge in [0, 0.05) is 25.2 Å². The molecule has 0 unspecified atom stereocenters. The molecule has 2 N–H and O–H groups in total. The molecule has 0 fully saturated rings. The number of esters is 1. The molecule has 0 aliphatic heterocycles. The van der Waals surface area contributed by atoms with Crippen molar-refractivity contribution in [1.29, 1.82) is 0 Å². The Morgan fingerprint density at radius 3 is 2.62 bits per heavy atom. The van der Waals surface area contributed by atoms with E-state index in [1.54, 1.807) is 6.07 Å². The summed E-state index contributed by atoms with van der Waals surface area (Å²) in [6.45, 7) is -0.639. The van der Waals surface area contributed by atoms with Gasteiger partial charge in [0.2, 0.25) is 0 Å². The van der Waals surface area contributed by atoms with Gasteiger partial charge in [0.05, 0.1) is 10.5 Å². The molecule has 136 valence electrons. The first-order valence-corrected chi connectivity index (χ1v) is 7.55. The third kappa shape index (κ3) is 4.76. The number of nitrogens with one attached hydrogen (secondary N) is 2. The van der Waals surface area contributed by atoms with E-state index in [0.29, 0.717) is 5.56 Å². The van der Waals surface area contributed by atoms with Crippen LogP contribution in [0.1, 0.15) is 15.9 Å². The second kappa shape index (κ2) is 8.56. The SMILES string of the molecule is CNc1ccc(C(=O)OCC(=O)NCc2ccccc2F)cc1[N+](=O)[O-]. The van der Waals surface area contributed by atoms with E-state index in [1.165, 1.54) is 37.4 Å². The quantitative estimate of drug-likeness (QED) is 0.445. The van der Waals surface area contributed by atoms with Crippen LogP contribution in [-0.2, 0) is 16.1 Å². The van der Waals surface area contributed by atoms with Crippen LogP contribution in [0.15, 0.2) is 42.5 Å². The maximum Gasteiger partial charge on any atom is 0.338 e. The Morgan fingerprint density at radius 2 is 1.96 bits per heavy atom. The van der Waals surface area contributed by atoms with Crippen molar-refractivity contribution in [1.82, 2.24) is 5.32 Å². The number of hydrogen-bond acceptors (Lipinski definition) is 6. The van der Waals surface area contributed by atoms with Crippen molar-refractivity contribution >= 4 is 23.3 Å². The van der Waals surface area contributed by atoms with E-state index in [0.717, 1.165) is 6.07 Å². The number of carbonyl (C=O) groups is 2. The molecule has 2 aromatic rings. The van der Waals surface area contributed by atoms with Crippen LogP contribution in [0.3, 0.4) is 0 Å². The first-order chi connectivity index (χ1) is 12.4. The van der Waals surface area contributed by atoms with E-state index < -0.39 is 29.2 Å². The van der Waals surface area contributed by atoms with Gasteiger partial charge in [0.15, 0.2) is 6.61 Å². The highest BCUT2D eigenvalue weighted by Crippen LogP contribution is 2.25. The number of nitro benzene ring substituents is 1. The molecule has 0 aromatic heterocycles. The van der Waals surface area contributed by atoms with Gasteiger partial charge in [-0.2, -0.15) is 0 Å². The second-order valence-electron chi connectivity index (χ2n) is 5.18. The number of anilines is 1. The number of hydrogen-bond donors (Lipinski definition) is 2. The lowest BCUT2D eigenvalue weighted by atomic mass is 10.1. The molecule has 2 rings (SSSR count). The van der Waals surface area contributed by atoms with Gasteiger partial charge in [0.1, 0.15) is 11.5 Å². The van der Waals surface area contributed by atoms with Crippen LogP contribution in [0.25, 0.3) is 0 Å². The van der Waals surface area contributed by atoms with E-state index in [2.05, 4.69) is 10.6 Å². The zero-order valence-corrected chi connectivity index (χ0v) is 13.8. The molecule has 0 bridgehead atoms. The monoisotopic (exact) mass is 361 g/mol. The third-order valence-electron chi connectivity index (χ3n) is 3.47. The van der Waals surface area contributed by atoms with Crippen LogP contribution in [-0.4, -0.2) is 30.5 Å². The van der Waals surface area contributed by atoms with Crippen LogP contribution in [0.2, 0.25) is 0 Å². The summed E-state index contributed by atoms with van der Waals surface area (Å²) in [4.78, 5) is 34.0. The lowest BCUT2D eigenvalue weighted by molar-refractivity contribution is -0.384. The molecule has 0 aliphatic carbocycles. The zero-order valence-electron chi connectivity index (χ0n) is 13.8. The predicted molar refractivity (Wildman–Crippen MR) is 91.2 cm³/mol. The topological polar surface area (TPSA) is 111 Å². The average Bonchev–Trinajstić information content (AvgIpc) is 2.64. The van der Waals surface area contributed by atoms with Gasteiger partial charge in [-0.15, -0.1) is 0 Å². The molecule has 0 aliphatic rings. The van der Waals surface area contributed by atoms with Crippen molar-refractivity contribution in [2.45, 2.75) is 6.54 Å². The zero-order chi connectivity index (χ0) is 19.1. The fourth-order valence-electron chi connectivity index (χ4n) is 2.12. The summed E-state index contributed by atoms with van der Waals surface area (Å²) in [6, 6.07) is 9.72. The Labute approximate surface area is 148 Å². The molecule has 0 radical (unpaired) electrons. The number of amides is 1. The van der Waals surface area contributed by atoms with Gasteiger partial charge >= 0.3 is 5.97 Å². The molecule has 0 heterocycles. The highest BCUT2D eigenvalue weighted by molar-refractivity contribution is 5.93. The number of ether oxygens (including phenoxy) is 1. The third-order valence-corrected chi connectivity index (χ3v) is 3.47. The molecule has 26 heavy (non-hydrogen) atoms. The molecule has 0 atom stereocenters. The Morgan fingerprint density at radius 1 is 1.23 bits per heavy atom. The van der Waals surface area contributed by atoms with E-state index in [-0.39, 0.29) is 23.5 Å². The van der Waals surface area contributed by atoms with E-state index >= 15 is 0 Å². The van der Waals surface area contributed by atoms with Crippen LogP contribution >= 0.6 is 0 Å². The molecular formula is C17H16FN3O5.